The summed E-state index contributed by atoms with van der Waals surface area (Å²) in [6.07, 6.45) is 4.21. The van der Waals surface area contributed by atoms with E-state index < -0.39 is 23.2 Å². The lowest BCUT2D eigenvalue weighted by molar-refractivity contribution is 0.0690. The van der Waals surface area contributed by atoms with Crippen LogP contribution in [0.5, 0.6) is 0 Å². The molecule has 0 radical (unpaired) electrons. The minimum atomic E-state index is -1.47. The van der Waals surface area contributed by atoms with Gasteiger partial charge in [0.15, 0.2) is 11.6 Å². The van der Waals surface area contributed by atoms with E-state index in [9.17, 15) is 13.6 Å². The van der Waals surface area contributed by atoms with Gasteiger partial charge in [-0.05, 0) is 24.5 Å². The van der Waals surface area contributed by atoms with Crippen LogP contribution in [0.1, 0.15) is 49.9 Å². The number of unbranched alkanes of at least 4 members (excludes halogenated alkanes) is 1. The van der Waals surface area contributed by atoms with Crippen LogP contribution in [0.3, 0.4) is 0 Å². The molecule has 1 atom stereocenters. The number of rotatable bonds is 8. The fourth-order valence-electron chi connectivity index (χ4n) is 2.05. The largest absolute Gasteiger partial charge is 0.478 e. The molecule has 0 aliphatic carbocycles. The molecule has 0 fully saturated rings. The van der Waals surface area contributed by atoms with Crippen molar-refractivity contribution >= 4 is 11.7 Å². The highest BCUT2D eigenvalue weighted by molar-refractivity contribution is 5.88. The Morgan fingerprint density at radius 1 is 1.30 bits per heavy atom. The molecule has 1 aromatic rings. The van der Waals surface area contributed by atoms with Gasteiger partial charge in [-0.25, -0.2) is 13.6 Å². The van der Waals surface area contributed by atoms with Crippen molar-refractivity contribution in [2.75, 3.05) is 11.9 Å². The molecule has 0 heterocycles. The van der Waals surface area contributed by atoms with Crippen LogP contribution >= 0.6 is 0 Å². The van der Waals surface area contributed by atoms with E-state index in [4.69, 9.17) is 5.11 Å². The second kappa shape index (κ2) is 7.82. The van der Waals surface area contributed by atoms with Gasteiger partial charge in [-0.2, -0.15) is 0 Å². The first-order valence-electron chi connectivity index (χ1n) is 6.96. The van der Waals surface area contributed by atoms with Crippen molar-refractivity contribution in [1.29, 1.82) is 0 Å². The second-order valence-electron chi connectivity index (χ2n) is 4.89. The van der Waals surface area contributed by atoms with E-state index in [2.05, 4.69) is 19.2 Å². The van der Waals surface area contributed by atoms with Gasteiger partial charge in [0, 0.05) is 6.54 Å². The number of hydrogen-bond donors (Lipinski definition) is 2. The Morgan fingerprint density at radius 3 is 2.55 bits per heavy atom. The second-order valence-corrected chi connectivity index (χ2v) is 4.89. The van der Waals surface area contributed by atoms with Gasteiger partial charge in [-0.1, -0.05) is 33.1 Å². The summed E-state index contributed by atoms with van der Waals surface area (Å²) in [7, 11) is 0. The molecule has 3 nitrogen and oxygen atoms in total. The molecule has 0 saturated carbocycles. The van der Waals surface area contributed by atoms with Crippen LogP contribution in [0.2, 0.25) is 0 Å². The summed E-state index contributed by atoms with van der Waals surface area (Å²) in [5.74, 6) is -3.52. The molecule has 20 heavy (non-hydrogen) atoms. The van der Waals surface area contributed by atoms with Gasteiger partial charge >= 0.3 is 5.97 Å². The van der Waals surface area contributed by atoms with Crippen molar-refractivity contribution < 1.29 is 18.7 Å². The molecule has 0 spiro atoms. The van der Waals surface area contributed by atoms with Gasteiger partial charge in [0.25, 0.3) is 0 Å². The average molecular weight is 285 g/mol. The zero-order chi connectivity index (χ0) is 15.1. The van der Waals surface area contributed by atoms with E-state index in [1.807, 2.05) is 0 Å². The molecule has 0 aliphatic rings. The summed E-state index contributed by atoms with van der Waals surface area (Å²) in [6.45, 7) is 4.73. The predicted molar refractivity (Wildman–Crippen MR) is 75.1 cm³/mol. The first-order valence-corrected chi connectivity index (χ1v) is 6.96. The fourth-order valence-corrected chi connectivity index (χ4v) is 2.05. The Hall–Kier alpha value is -1.65. The summed E-state index contributed by atoms with van der Waals surface area (Å²) in [5, 5.41) is 11.6. The third-order valence-electron chi connectivity index (χ3n) is 3.44. The summed E-state index contributed by atoms with van der Waals surface area (Å²) >= 11 is 0. The third kappa shape index (κ3) is 4.18. The van der Waals surface area contributed by atoms with Crippen LogP contribution in [0, 0.1) is 17.6 Å². The first kappa shape index (κ1) is 16.4. The smallest absolute Gasteiger partial charge is 0.338 e. The number of anilines is 1. The Bertz CT molecular complexity index is 463. The number of carboxylic acid groups (broad SMARTS) is 1. The minimum absolute atomic E-state index is 0.0162. The number of carboxylic acids is 1. The predicted octanol–water partition coefficient (Wildman–Crippen LogP) is 4.29. The summed E-state index contributed by atoms with van der Waals surface area (Å²) in [4.78, 5) is 10.7. The maximum Gasteiger partial charge on any atom is 0.338 e. The van der Waals surface area contributed by atoms with Gasteiger partial charge in [-0.3, -0.25) is 0 Å². The summed E-state index contributed by atoms with van der Waals surface area (Å²) in [5.41, 5.74) is -0.631. The van der Waals surface area contributed by atoms with E-state index in [1.165, 1.54) is 6.07 Å². The van der Waals surface area contributed by atoms with Crippen molar-refractivity contribution in [3.63, 3.8) is 0 Å². The highest BCUT2D eigenvalue weighted by Gasteiger charge is 2.18. The molecule has 0 saturated heterocycles. The lowest BCUT2D eigenvalue weighted by Gasteiger charge is -2.16. The molecule has 0 amide bonds. The van der Waals surface area contributed by atoms with Crippen LogP contribution in [0.25, 0.3) is 0 Å². The lowest BCUT2D eigenvalue weighted by Crippen LogP contribution is -2.15. The topological polar surface area (TPSA) is 49.3 Å². The Labute approximate surface area is 118 Å². The summed E-state index contributed by atoms with van der Waals surface area (Å²) < 4.78 is 27.3. The quantitative estimate of drug-likeness (QED) is 0.749. The molecule has 5 heteroatoms. The van der Waals surface area contributed by atoms with Crippen molar-refractivity contribution in [3.05, 3.63) is 29.3 Å². The SMILES string of the molecule is CCCCC(CC)CNc1ccc(C(=O)O)c(F)c1F. The summed E-state index contributed by atoms with van der Waals surface area (Å²) in [6, 6.07) is 2.35. The van der Waals surface area contributed by atoms with Crippen LogP contribution in [0.15, 0.2) is 12.1 Å². The molecule has 0 aliphatic heterocycles. The van der Waals surface area contributed by atoms with Crippen molar-refractivity contribution in [2.24, 2.45) is 5.92 Å². The number of nitrogens with one attached hydrogen (secondary N) is 1. The number of benzene rings is 1. The first-order chi connectivity index (χ1) is 9.51. The monoisotopic (exact) mass is 285 g/mol. The normalized spacial score (nSPS) is 12.2. The minimum Gasteiger partial charge on any atom is -0.478 e. The molecule has 2 N–H and O–H groups in total. The van der Waals surface area contributed by atoms with E-state index in [-0.39, 0.29) is 5.69 Å². The molecule has 1 rings (SSSR count). The van der Waals surface area contributed by atoms with E-state index in [0.29, 0.717) is 12.5 Å². The molecular weight excluding hydrogens is 264 g/mol. The van der Waals surface area contributed by atoms with E-state index in [1.54, 1.807) is 0 Å². The zero-order valence-corrected chi connectivity index (χ0v) is 11.9. The highest BCUT2D eigenvalue weighted by Crippen LogP contribution is 2.22. The van der Waals surface area contributed by atoms with E-state index in [0.717, 1.165) is 31.7 Å². The van der Waals surface area contributed by atoms with Crippen LogP contribution < -0.4 is 5.32 Å². The molecule has 112 valence electrons. The molecular formula is C15H21F2NO2. The Kier molecular flexibility index (Phi) is 6.42. The number of aromatic carboxylic acids is 1. The van der Waals surface area contributed by atoms with Crippen molar-refractivity contribution in [2.45, 2.75) is 39.5 Å². The molecule has 1 unspecified atom stereocenters. The van der Waals surface area contributed by atoms with Gasteiger partial charge in [-0.15, -0.1) is 0 Å². The van der Waals surface area contributed by atoms with Gasteiger partial charge in [0.1, 0.15) is 0 Å². The maximum absolute atomic E-state index is 13.7. The lowest BCUT2D eigenvalue weighted by atomic mass is 9.99. The van der Waals surface area contributed by atoms with Gasteiger partial charge < -0.3 is 10.4 Å². The van der Waals surface area contributed by atoms with Gasteiger partial charge in [0.05, 0.1) is 11.3 Å². The molecule has 0 aromatic heterocycles. The third-order valence-corrected chi connectivity index (χ3v) is 3.44. The van der Waals surface area contributed by atoms with Crippen LogP contribution in [-0.4, -0.2) is 17.6 Å². The molecule has 1 aromatic carbocycles. The fraction of sp³-hybridized carbons (Fsp3) is 0.533. The number of hydrogen-bond acceptors (Lipinski definition) is 2. The Balaban J connectivity index is 2.73. The highest BCUT2D eigenvalue weighted by atomic mass is 19.2. The van der Waals surface area contributed by atoms with Crippen molar-refractivity contribution in [3.8, 4) is 0 Å². The maximum atomic E-state index is 13.7. The number of halogens is 2. The average Bonchev–Trinajstić information content (AvgIpc) is 2.43. The van der Waals surface area contributed by atoms with Crippen LogP contribution in [-0.2, 0) is 0 Å². The van der Waals surface area contributed by atoms with Crippen LogP contribution in [0.4, 0.5) is 14.5 Å². The van der Waals surface area contributed by atoms with Gasteiger partial charge in [0.2, 0.25) is 0 Å². The standard InChI is InChI=1S/C15H21F2NO2/c1-3-5-6-10(4-2)9-18-12-8-7-11(15(19)20)13(16)14(12)17/h7-8,10,18H,3-6,9H2,1-2H3,(H,19,20). The zero-order valence-electron chi connectivity index (χ0n) is 11.9. The Morgan fingerprint density at radius 2 is 2.00 bits per heavy atom. The molecule has 0 bridgehead atoms. The van der Waals surface area contributed by atoms with Crippen molar-refractivity contribution in [1.82, 2.24) is 0 Å². The number of carbonyl (C=O) groups is 1. The van der Waals surface area contributed by atoms with E-state index >= 15 is 0 Å².